The Hall–Kier alpha value is -3.61. The van der Waals surface area contributed by atoms with Crippen LogP contribution in [0, 0.1) is 0 Å². The molecule has 0 radical (unpaired) electrons. The molecule has 4 rings (SSSR count). The molecule has 0 aliphatic heterocycles. The Morgan fingerprint density at radius 2 is 1.89 bits per heavy atom. The van der Waals surface area contributed by atoms with E-state index >= 15 is 0 Å². The first-order valence-electron chi connectivity index (χ1n) is 10.5. The molecule has 0 saturated carbocycles. The second-order valence-corrected chi connectivity index (χ2v) is 9.45. The Kier molecular flexibility index (Phi) is 8.41. The molecular formula is C23H21ClN6O4S2. The molecule has 2 N–H and O–H groups in total. The lowest BCUT2D eigenvalue weighted by molar-refractivity contribution is -0.113. The SMILES string of the molecule is COc1cc(OC)cc(C(=O)NCc2nnc(SCC(=O)Nc3nccs3)n2-c2cccc(Cl)c2)c1. The summed E-state index contributed by atoms with van der Waals surface area (Å²) < 4.78 is 12.2. The lowest BCUT2D eigenvalue weighted by Crippen LogP contribution is -2.24. The Morgan fingerprint density at radius 1 is 1.11 bits per heavy atom. The van der Waals surface area contributed by atoms with Crippen LogP contribution in [0.3, 0.4) is 0 Å². The van der Waals surface area contributed by atoms with E-state index in [1.54, 1.807) is 52.5 Å². The van der Waals surface area contributed by atoms with Crippen LogP contribution in [-0.2, 0) is 11.3 Å². The molecule has 0 unspecified atom stereocenters. The molecule has 0 aliphatic rings. The van der Waals surface area contributed by atoms with Gasteiger partial charge >= 0.3 is 0 Å². The summed E-state index contributed by atoms with van der Waals surface area (Å²) in [6.45, 7) is 0.0732. The van der Waals surface area contributed by atoms with Crippen LogP contribution in [0.25, 0.3) is 5.69 Å². The van der Waals surface area contributed by atoms with Gasteiger partial charge in [-0.1, -0.05) is 29.4 Å². The van der Waals surface area contributed by atoms with E-state index in [1.165, 1.54) is 37.3 Å². The highest BCUT2D eigenvalue weighted by atomic mass is 35.5. The summed E-state index contributed by atoms with van der Waals surface area (Å²) in [5.41, 5.74) is 1.07. The van der Waals surface area contributed by atoms with Gasteiger partial charge in [-0.3, -0.25) is 14.2 Å². The third-order valence-electron chi connectivity index (χ3n) is 4.80. The number of carbonyl (C=O) groups is 2. The van der Waals surface area contributed by atoms with Crippen molar-refractivity contribution >= 4 is 51.6 Å². The average Bonchev–Trinajstić information content (AvgIpc) is 3.55. The molecule has 10 nitrogen and oxygen atoms in total. The topological polar surface area (TPSA) is 120 Å². The predicted molar refractivity (Wildman–Crippen MR) is 139 cm³/mol. The summed E-state index contributed by atoms with van der Waals surface area (Å²) in [5.74, 6) is 0.979. The molecule has 2 amide bonds. The maximum atomic E-state index is 12.9. The molecule has 0 bridgehead atoms. The molecule has 4 aromatic rings. The largest absolute Gasteiger partial charge is 0.497 e. The third kappa shape index (κ3) is 6.33. The molecule has 2 aromatic heterocycles. The van der Waals surface area contributed by atoms with Gasteiger partial charge in [-0.2, -0.15) is 0 Å². The maximum absolute atomic E-state index is 12.9. The quantitative estimate of drug-likeness (QED) is 0.287. The van der Waals surface area contributed by atoms with E-state index in [0.29, 0.717) is 43.9 Å². The summed E-state index contributed by atoms with van der Waals surface area (Å²) in [7, 11) is 3.03. The number of carbonyl (C=O) groups excluding carboxylic acids is 2. The molecular weight excluding hydrogens is 524 g/mol. The first kappa shape index (κ1) is 25.5. The normalized spacial score (nSPS) is 10.6. The number of nitrogens with one attached hydrogen (secondary N) is 2. The van der Waals surface area contributed by atoms with Crippen LogP contribution >= 0.6 is 34.7 Å². The number of hydrogen-bond donors (Lipinski definition) is 2. The molecule has 0 aliphatic carbocycles. The fourth-order valence-electron chi connectivity index (χ4n) is 3.15. The summed E-state index contributed by atoms with van der Waals surface area (Å²) in [6, 6.07) is 12.0. The van der Waals surface area contributed by atoms with Gasteiger partial charge in [0.25, 0.3) is 5.91 Å². The number of aromatic nitrogens is 4. The number of anilines is 1. The van der Waals surface area contributed by atoms with E-state index < -0.39 is 0 Å². The van der Waals surface area contributed by atoms with Gasteiger partial charge in [-0.05, 0) is 30.3 Å². The highest BCUT2D eigenvalue weighted by molar-refractivity contribution is 7.99. The second kappa shape index (κ2) is 11.9. The minimum atomic E-state index is -0.343. The van der Waals surface area contributed by atoms with Gasteiger partial charge in [-0.15, -0.1) is 21.5 Å². The Labute approximate surface area is 220 Å². The fraction of sp³-hybridized carbons (Fsp3) is 0.174. The van der Waals surface area contributed by atoms with Crippen molar-refractivity contribution in [2.45, 2.75) is 11.7 Å². The first-order valence-corrected chi connectivity index (χ1v) is 12.7. The standard InChI is InChI=1S/C23H21ClN6O4S2/c1-33-17-8-14(9-18(11-17)34-2)21(32)26-12-19-28-29-23(30(19)16-5-3-4-15(24)10-16)36-13-20(31)27-22-25-6-7-35-22/h3-11H,12-13H2,1-2H3,(H,26,32)(H,25,27,31). The second-order valence-electron chi connectivity index (χ2n) is 7.17. The average molecular weight is 545 g/mol. The van der Waals surface area contributed by atoms with E-state index in [1.807, 2.05) is 6.07 Å². The zero-order valence-corrected chi connectivity index (χ0v) is 21.6. The summed E-state index contributed by atoms with van der Waals surface area (Å²) in [5, 5.41) is 17.4. The highest BCUT2D eigenvalue weighted by Gasteiger charge is 2.18. The predicted octanol–water partition coefficient (Wildman–Crippen LogP) is 4.06. The Morgan fingerprint density at radius 3 is 2.56 bits per heavy atom. The van der Waals surface area contributed by atoms with Crippen LogP contribution in [0.15, 0.2) is 59.2 Å². The number of hydrogen-bond acceptors (Lipinski definition) is 9. The van der Waals surface area contributed by atoms with Crippen LogP contribution in [0.5, 0.6) is 11.5 Å². The molecule has 36 heavy (non-hydrogen) atoms. The molecule has 0 fully saturated rings. The monoisotopic (exact) mass is 544 g/mol. The minimum absolute atomic E-state index is 0.0732. The van der Waals surface area contributed by atoms with Crippen molar-refractivity contribution in [3.63, 3.8) is 0 Å². The number of benzene rings is 2. The molecule has 0 atom stereocenters. The van der Waals surface area contributed by atoms with Crippen LogP contribution in [-0.4, -0.2) is 51.5 Å². The molecule has 13 heteroatoms. The smallest absolute Gasteiger partial charge is 0.251 e. The third-order valence-corrected chi connectivity index (χ3v) is 6.65. The van der Waals surface area contributed by atoms with Gasteiger partial charge in [-0.25, -0.2) is 4.98 Å². The number of amides is 2. The highest BCUT2D eigenvalue weighted by Crippen LogP contribution is 2.25. The Bertz CT molecular complexity index is 1340. The van der Waals surface area contributed by atoms with Crippen LogP contribution < -0.4 is 20.1 Å². The number of thioether (sulfide) groups is 1. The molecule has 0 spiro atoms. The summed E-state index contributed by atoms with van der Waals surface area (Å²) in [4.78, 5) is 29.3. The van der Waals surface area contributed by atoms with E-state index in [-0.39, 0.29) is 24.1 Å². The van der Waals surface area contributed by atoms with E-state index in [0.717, 1.165) is 0 Å². The summed E-state index contributed by atoms with van der Waals surface area (Å²) in [6.07, 6.45) is 1.62. The Balaban J connectivity index is 1.53. The number of ether oxygens (including phenoxy) is 2. The zero-order valence-electron chi connectivity index (χ0n) is 19.2. The van der Waals surface area contributed by atoms with E-state index in [4.69, 9.17) is 21.1 Å². The number of nitrogens with zero attached hydrogens (tertiary/aromatic N) is 4. The molecule has 186 valence electrons. The number of halogens is 1. The van der Waals surface area contributed by atoms with E-state index in [9.17, 15) is 9.59 Å². The molecule has 2 aromatic carbocycles. The summed E-state index contributed by atoms with van der Waals surface area (Å²) >= 11 is 8.75. The van der Waals surface area contributed by atoms with Gasteiger partial charge in [0.1, 0.15) is 11.5 Å². The zero-order chi connectivity index (χ0) is 25.5. The van der Waals surface area contributed by atoms with Crippen molar-refractivity contribution in [2.75, 3.05) is 25.3 Å². The van der Waals surface area contributed by atoms with Gasteiger partial charge in [0.2, 0.25) is 5.91 Å². The van der Waals surface area contributed by atoms with Crippen molar-refractivity contribution in [1.29, 1.82) is 0 Å². The van der Waals surface area contributed by atoms with Crippen molar-refractivity contribution in [3.05, 3.63) is 70.5 Å². The number of thiazole rings is 1. The van der Waals surface area contributed by atoms with Crippen LogP contribution in [0.1, 0.15) is 16.2 Å². The van der Waals surface area contributed by atoms with E-state index in [2.05, 4.69) is 25.8 Å². The number of rotatable bonds is 10. The van der Waals surface area contributed by atoms with Crippen molar-refractivity contribution < 1.29 is 19.1 Å². The lowest BCUT2D eigenvalue weighted by atomic mass is 10.2. The lowest BCUT2D eigenvalue weighted by Gasteiger charge is -2.12. The van der Waals surface area contributed by atoms with Gasteiger partial charge in [0.15, 0.2) is 16.1 Å². The minimum Gasteiger partial charge on any atom is -0.497 e. The van der Waals surface area contributed by atoms with Crippen LogP contribution in [0.4, 0.5) is 5.13 Å². The van der Waals surface area contributed by atoms with Gasteiger partial charge in [0, 0.05) is 28.2 Å². The fourth-order valence-corrected chi connectivity index (χ4v) is 4.65. The molecule has 0 saturated heterocycles. The number of methoxy groups -OCH3 is 2. The van der Waals surface area contributed by atoms with Crippen LogP contribution in [0.2, 0.25) is 5.02 Å². The van der Waals surface area contributed by atoms with Crippen molar-refractivity contribution in [2.24, 2.45) is 0 Å². The van der Waals surface area contributed by atoms with Crippen molar-refractivity contribution in [1.82, 2.24) is 25.1 Å². The van der Waals surface area contributed by atoms with Gasteiger partial charge in [0.05, 0.1) is 32.2 Å². The first-order chi connectivity index (χ1) is 17.5. The van der Waals surface area contributed by atoms with Crippen molar-refractivity contribution in [3.8, 4) is 17.2 Å². The molecule has 2 heterocycles. The van der Waals surface area contributed by atoms with Gasteiger partial charge < -0.3 is 20.1 Å². The maximum Gasteiger partial charge on any atom is 0.251 e.